The molecule has 0 radical (unpaired) electrons. The van der Waals surface area contributed by atoms with E-state index in [-0.39, 0.29) is 11.9 Å². The number of thiophene rings is 2. The average molecular weight is 437 g/mol. The van der Waals surface area contributed by atoms with E-state index in [0.717, 1.165) is 11.1 Å². The van der Waals surface area contributed by atoms with Gasteiger partial charge in [-0.05, 0) is 58.3 Å². The van der Waals surface area contributed by atoms with Crippen molar-refractivity contribution in [3.05, 3.63) is 94.7 Å². The Labute approximate surface area is 183 Å². The van der Waals surface area contributed by atoms with Gasteiger partial charge in [-0.2, -0.15) is 0 Å². The molecule has 0 saturated heterocycles. The van der Waals surface area contributed by atoms with E-state index < -0.39 is 0 Å². The molecule has 0 aliphatic carbocycles. The molecule has 2 heterocycles. The Hall–Kier alpha value is -3.22. The molecule has 0 bridgehead atoms. The van der Waals surface area contributed by atoms with Crippen LogP contribution in [0.4, 0.5) is 0 Å². The number of methoxy groups -OCH3 is 2. The Bertz CT molecular complexity index is 976. The van der Waals surface area contributed by atoms with Crippen LogP contribution >= 0.6 is 22.7 Å². The fourth-order valence-electron chi connectivity index (χ4n) is 2.66. The third-order valence-electron chi connectivity index (χ3n) is 4.22. The van der Waals surface area contributed by atoms with E-state index in [1.165, 1.54) is 24.0 Å². The van der Waals surface area contributed by atoms with Crippen LogP contribution in [0, 0.1) is 0 Å². The van der Waals surface area contributed by atoms with Gasteiger partial charge < -0.3 is 9.47 Å². The Morgan fingerprint density at radius 3 is 1.23 bits per heavy atom. The van der Waals surface area contributed by atoms with Crippen LogP contribution in [-0.4, -0.2) is 26.2 Å². The van der Waals surface area contributed by atoms with E-state index in [1.807, 2.05) is 47.2 Å². The van der Waals surface area contributed by atoms with Gasteiger partial charge in [-0.15, -0.1) is 22.7 Å². The normalized spacial score (nSPS) is 9.93. The predicted octanol–water partition coefficient (Wildman–Crippen LogP) is 6.40. The first-order chi connectivity index (χ1) is 14.6. The molecule has 0 aliphatic heterocycles. The van der Waals surface area contributed by atoms with Gasteiger partial charge in [0.2, 0.25) is 0 Å². The first-order valence-corrected chi connectivity index (χ1v) is 10.8. The van der Waals surface area contributed by atoms with Crippen LogP contribution in [0.5, 0.6) is 0 Å². The lowest BCUT2D eigenvalue weighted by Crippen LogP contribution is -2.00. The van der Waals surface area contributed by atoms with E-state index in [9.17, 15) is 9.59 Å². The smallest absolute Gasteiger partial charge is 0.337 e. The quantitative estimate of drug-likeness (QED) is 0.347. The monoisotopic (exact) mass is 436 g/mol. The molecule has 4 aromatic rings. The van der Waals surface area contributed by atoms with Crippen molar-refractivity contribution in [2.75, 3.05) is 14.2 Å². The van der Waals surface area contributed by atoms with Gasteiger partial charge >= 0.3 is 11.9 Å². The van der Waals surface area contributed by atoms with Gasteiger partial charge in [0.15, 0.2) is 0 Å². The summed E-state index contributed by atoms with van der Waals surface area (Å²) < 4.78 is 9.26. The molecule has 2 aromatic carbocycles. The molecular formula is C24H20O4S2. The van der Waals surface area contributed by atoms with Crippen molar-refractivity contribution >= 4 is 34.6 Å². The van der Waals surface area contributed by atoms with E-state index in [1.54, 1.807) is 46.9 Å². The van der Waals surface area contributed by atoms with Crippen molar-refractivity contribution < 1.29 is 19.1 Å². The second-order valence-electron chi connectivity index (χ2n) is 6.09. The average Bonchev–Trinajstić information content (AvgIpc) is 3.53. The van der Waals surface area contributed by atoms with Gasteiger partial charge in [0.1, 0.15) is 0 Å². The Balaban J connectivity index is 0.000000171. The van der Waals surface area contributed by atoms with Crippen LogP contribution in [0.25, 0.3) is 20.9 Å². The van der Waals surface area contributed by atoms with E-state index in [0.29, 0.717) is 11.1 Å². The van der Waals surface area contributed by atoms with Gasteiger partial charge in [0.25, 0.3) is 0 Å². The molecule has 4 nitrogen and oxygen atoms in total. The SMILES string of the molecule is COC(=O)c1ccc(-c2cccs2)cc1.COC(=O)c1ccc(-c2cccs2)cc1. The maximum atomic E-state index is 11.2. The molecule has 0 amide bonds. The van der Waals surface area contributed by atoms with Crippen LogP contribution in [-0.2, 0) is 9.47 Å². The minimum absolute atomic E-state index is 0.298. The summed E-state index contributed by atoms with van der Waals surface area (Å²) in [5.41, 5.74) is 3.41. The highest BCUT2D eigenvalue weighted by Gasteiger charge is 2.06. The molecule has 0 unspecified atom stereocenters. The number of benzene rings is 2. The molecule has 6 heteroatoms. The lowest BCUT2D eigenvalue weighted by atomic mass is 10.1. The number of esters is 2. The maximum absolute atomic E-state index is 11.2. The summed E-state index contributed by atoms with van der Waals surface area (Å²) in [5.74, 6) is -0.597. The molecule has 2 aromatic heterocycles. The first kappa shape index (κ1) is 21.5. The Kier molecular flexibility index (Phi) is 7.54. The second kappa shape index (κ2) is 10.5. The summed E-state index contributed by atoms with van der Waals surface area (Å²) >= 11 is 3.36. The van der Waals surface area contributed by atoms with Crippen molar-refractivity contribution in [1.82, 2.24) is 0 Å². The number of rotatable bonds is 4. The summed E-state index contributed by atoms with van der Waals surface area (Å²) in [4.78, 5) is 24.8. The molecule has 0 fully saturated rings. The fraction of sp³-hybridized carbons (Fsp3) is 0.0833. The summed E-state index contributed by atoms with van der Waals surface area (Å²) in [6, 6.07) is 23.0. The zero-order chi connectivity index (χ0) is 21.3. The number of hydrogen-bond acceptors (Lipinski definition) is 6. The van der Waals surface area contributed by atoms with Gasteiger partial charge in [0, 0.05) is 9.75 Å². The third-order valence-corrected chi connectivity index (χ3v) is 6.06. The summed E-state index contributed by atoms with van der Waals surface area (Å²) in [6.45, 7) is 0. The van der Waals surface area contributed by atoms with Crippen LogP contribution in [0.1, 0.15) is 20.7 Å². The summed E-state index contributed by atoms with van der Waals surface area (Å²) in [6.07, 6.45) is 0. The first-order valence-electron chi connectivity index (χ1n) is 9.07. The van der Waals surface area contributed by atoms with Gasteiger partial charge in [-0.3, -0.25) is 0 Å². The van der Waals surface area contributed by atoms with Crippen LogP contribution in [0.2, 0.25) is 0 Å². The van der Waals surface area contributed by atoms with E-state index in [2.05, 4.69) is 21.6 Å². The molecule has 0 saturated carbocycles. The third kappa shape index (κ3) is 5.43. The highest BCUT2D eigenvalue weighted by atomic mass is 32.1. The molecule has 0 atom stereocenters. The molecule has 30 heavy (non-hydrogen) atoms. The van der Waals surface area contributed by atoms with Crippen molar-refractivity contribution in [2.45, 2.75) is 0 Å². The standard InChI is InChI=1S/2C12H10O2S/c2*1-14-12(13)10-6-4-9(5-7-10)11-3-2-8-15-11/h2*2-8H,1H3. The lowest BCUT2D eigenvalue weighted by molar-refractivity contribution is 0.0592. The Morgan fingerprint density at radius 2 is 0.967 bits per heavy atom. The second-order valence-corrected chi connectivity index (χ2v) is 7.99. The molecule has 0 spiro atoms. The number of hydrogen-bond donors (Lipinski definition) is 0. The number of carbonyl (C=O) groups is 2. The zero-order valence-corrected chi connectivity index (χ0v) is 18.2. The van der Waals surface area contributed by atoms with Crippen LogP contribution < -0.4 is 0 Å². The molecular weight excluding hydrogens is 416 g/mol. The van der Waals surface area contributed by atoms with E-state index >= 15 is 0 Å². The van der Waals surface area contributed by atoms with E-state index in [4.69, 9.17) is 0 Å². The zero-order valence-electron chi connectivity index (χ0n) is 16.5. The Morgan fingerprint density at radius 1 is 0.600 bits per heavy atom. The minimum atomic E-state index is -0.298. The van der Waals surface area contributed by atoms with Crippen molar-refractivity contribution in [3.8, 4) is 20.9 Å². The predicted molar refractivity (Wildman–Crippen MR) is 122 cm³/mol. The summed E-state index contributed by atoms with van der Waals surface area (Å²) in [5, 5.41) is 4.06. The molecule has 4 rings (SSSR count). The fourth-order valence-corrected chi connectivity index (χ4v) is 4.13. The summed E-state index contributed by atoms with van der Waals surface area (Å²) in [7, 11) is 2.77. The van der Waals surface area contributed by atoms with Gasteiger partial charge in [-0.1, -0.05) is 36.4 Å². The highest BCUT2D eigenvalue weighted by Crippen LogP contribution is 2.25. The molecule has 0 N–H and O–H groups in total. The van der Waals surface area contributed by atoms with Crippen molar-refractivity contribution in [1.29, 1.82) is 0 Å². The highest BCUT2D eigenvalue weighted by molar-refractivity contribution is 7.13. The number of carbonyl (C=O) groups excluding carboxylic acids is 2. The number of ether oxygens (including phenoxy) is 2. The molecule has 152 valence electrons. The lowest BCUT2D eigenvalue weighted by Gasteiger charge is -2.00. The van der Waals surface area contributed by atoms with Crippen LogP contribution in [0.15, 0.2) is 83.6 Å². The van der Waals surface area contributed by atoms with Gasteiger partial charge in [-0.25, -0.2) is 9.59 Å². The molecule has 0 aliphatic rings. The van der Waals surface area contributed by atoms with Crippen molar-refractivity contribution in [3.63, 3.8) is 0 Å². The van der Waals surface area contributed by atoms with Crippen molar-refractivity contribution in [2.24, 2.45) is 0 Å². The van der Waals surface area contributed by atoms with Gasteiger partial charge in [0.05, 0.1) is 25.3 Å². The minimum Gasteiger partial charge on any atom is -0.465 e. The van der Waals surface area contributed by atoms with Crippen LogP contribution in [0.3, 0.4) is 0 Å². The largest absolute Gasteiger partial charge is 0.465 e. The maximum Gasteiger partial charge on any atom is 0.337 e. The topological polar surface area (TPSA) is 52.6 Å².